The molecular weight excluding hydrogens is 248 g/mol. The van der Waals surface area contributed by atoms with Gasteiger partial charge in [-0.25, -0.2) is 8.42 Å². The van der Waals surface area contributed by atoms with Gasteiger partial charge >= 0.3 is 0 Å². The number of rotatable bonds is 5. The molecule has 98 valence electrons. The van der Waals surface area contributed by atoms with Gasteiger partial charge in [-0.15, -0.1) is 12.4 Å². The van der Waals surface area contributed by atoms with E-state index in [4.69, 9.17) is 5.73 Å². The highest BCUT2D eigenvalue weighted by Gasteiger charge is 2.18. The molecule has 1 fully saturated rings. The maximum Gasteiger partial charge on any atom is 0.151 e. The highest BCUT2D eigenvalue weighted by molar-refractivity contribution is 7.91. The molecule has 4 nitrogen and oxygen atoms in total. The Morgan fingerprint density at radius 2 is 1.81 bits per heavy atom. The molecule has 1 aliphatic rings. The average Bonchev–Trinajstić information content (AvgIpc) is 2.17. The Hall–Kier alpha value is 0.160. The Bertz CT molecular complexity index is 275. The Kier molecular flexibility index (Phi) is 7.55. The number of hydrogen-bond donors (Lipinski definition) is 1. The lowest BCUT2D eigenvalue weighted by Gasteiger charge is -2.29. The Morgan fingerprint density at radius 3 is 2.31 bits per heavy atom. The van der Waals surface area contributed by atoms with E-state index in [9.17, 15) is 8.42 Å². The molecule has 0 aromatic carbocycles. The summed E-state index contributed by atoms with van der Waals surface area (Å²) in [5.74, 6) is 0.621. The topological polar surface area (TPSA) is 63.4 Å². The van der Waals surface area contributed by atoms with Gasteiger partial charge in [-0.3, -0.25) is 0 Å². The van der Waals surface area contributed by atoms with Gasteiger partial charge in [0.05, 0.1) is 5.75 Å². The van der Waals surface area contributed by atoms with Crippen molar-refractivity contribution in [3.63, 3.8) is 0 Å². The van der Waals surface area contributed by atoms with Gasteiger partial charge in [0.2, 0.25) is 0 Å². The fraction of sp³-hybridized carbons (Fsp3) is 1.00. The summed E-state index contributed by atoms with van der Waals surface area (Å²) in [6.45, 7) is 4.47. The third-order valence-corrected chi connectivity index (χ3v) is 4.70. The molecular formula is C10H23ClN2O2S. The van der Waals surface area contributed by atoms with Gasteiger partial charge in [-0.05, 0) is 32.4 Å². The van der Waals surface area contributed by atoms with E-state index in [-0.39, 0.29) is 12.4 Å². The molecule has 6 heteroatoms. The molecule has 0 aromatic rings. The van der Waals surface area contributed by atoms with E-state index in [1.165, 1.54) is 0 Å². The highest BCUT2D eigenvalue weighted by atomic mass is 35.5. The summed E-state index contributed by atoms with van der Waals surface area (Å²) >= 11 is 0. The van der Waals surface area contributed by atoms with Crippen LogP contribution in [0.3, 0.4) is 0 Å². The van der Waals surface area contributed by atoms with Crippen LogP contribution in [0.15, 0.2) is 0 Å². The van der Waals surface area contributed by atoms with Crippen LogP contribution in [0.4, 0.5) is 0 Å². The predicted molar refractivity (Wildman–Crippen MR) is 69.8 cm³/mol. The van der Waals surface area contributed by atoms with Gasteiger partial charge in [-0.2, -0.15) is 0 Å². The molecule has 0 aromatic heterocycles. The lowest BCUT2D eigenvalue weighted by atomic mass is 10.1. The minimum absolute atomic E-state index is 0. The number of sulfone groups is 1. The summed E-state index contributed by atoms with van der Waals surface area (Å²) in [7, 11) is -2.82. The van der Waals surface area contributed by atoms with E-state index < -0.39 is 9.84 Å². The number of likely N-dealkylation sites (tertiary alicyclic amines) is 1. The molecule has 1 heterocycles. The van der Waals surface area contributed by atoms with E-state index in [2.05, 4.69) is 4.90 Å². The van der Waals surface area contributed by atoms with Crippen LogP contribution < -0.4 is 5.73 Å². The maximum atomic E-state index is 11.5. The second-order valence-electron chi connectivity index (χ2n) is 4.33. The quantitative estimate of drug-likeness (QED) is 0.797. The van der Waals surface area contributed by atoms with Crippen LogP contribution in [-0.4, -0.2) is 50.5 Å². The molecule has 0 atom stereocenters. The van der Waals surface area contributed by atoms with Crippen LogP contribution in [0.2, 0.25) is 0 Å². The third-order valence-electron chi connectivity index (χ3n) is 2.87. The van der Waals surface area contributed by atoms with Crippen LogP contribution in [0, 0.1) is 0 Å². The number of hydrogen-bond acceptors (Lipinski definition) is 4. The summed E-state index contributed by atoms with van der Waals surface area (Å²) in [6.07, 6.45) is 2.70. The summed E-state index contributed by atoms with van der Waals surface area (Å²) in [5, 5.41) is 0. The van der Waals surface area contributed by atoms with Gasteiger partial charge in [0.25, 0.3) is 0 Å². The molecule has 1 rings (SSSR count). The molecule has 0 spiro atoms. The zero-order chi connectivity index (χ0) is 11.3. The largest absolute Gasteiger partial charge is 0.328 e. The van der Waals surface area contributed by atoms with Crippen molar-refractivity contribution >= 4 is 22.2 Å². The average molecular weight is 271 g/mol. The zero-order valence-corrected chi connectivity index (χ0v) is 11.5. The van der Waals surface area contributed by atoms with Crippen LogP contribution in [0.1, 0.15) is 26.2 Å². The summed E-state index contributed by atoms with van der Waals surface area (Å²) in [5.41, 5.74) is 5.78. The normalized spacial score (nSPS) is 19.4. The maximum absolute atomic E-state index is 11.5. The van der Waals surface area contributed by atoms with Gasteiger partial charge in [-0.1, -0.05) is 6.92 Å². The molecule has 0 unspecified atom stereocenters. The van der Waals surface area contributed by atoms with Gasteiger partial charge in [0, 0.05) is 18.3 Å². The monoisotopic (exact) mass is 270 g/mol. The van der Waals surface area contributed by atoms with Crippen molar-refractivity contribution in [1.29, 1.82) is 0 Å². The molecule has 16 heavy (non-hydrogen) atoms. The lowest BCUT2D eigenvalue weighted by Crippen LogP contribution is -2.41. The van der Waals surface area contributed by atoms with E-state index >= 15 is 0 Å². The standard InChI is InChI=1S/C10H22N2O2S.ClH/c1-2-8-15(13,14)9-7-12-5-3-10(11)4-6-12;/h10H,2-9,11H2,1H3;1H. The fourth-order valence-electron chi connectivity index (χ4n) is 1.86. The van der Waals surface area contributed by atoms with E-state index in [0.717, 1.165) is 25.9 Å². The van der Waals surface area contributed by atoms with Crippen LogP contribution in [-0.2, 0) is 9.84 Å². The molecule has 1 aliphatic heterocycles. The molecule has 0 bridgehead atoms. The van der Waals surface area contributed by atoms with E-state index in [0.29, 0.717) is 30.5 Å². The SMILES string of the molecule is CCCS(=O)(=O)CCN1CCC(N)CC1.Cl. The highest BCUT2D eigenvalue weighted by Crippen LogP contribution is 2.08. The van der Waals surface area contributed by atoms with Crippen molar-refractivity contribution in [3.05, 3.63) is 0 Å². The molecule has 0 radical (unpaired) electrons. The summed E-state index contributed by atoms with van der Waals surface area (Å²) in [6, 6.07) is 0.313. The van der Waals surface area contributed by atoms with Gasteiger partial charge in [0.15, 0.2) is 9.84 Å². The van der Waals surface area contributed by atoms with Gasteiger partial charge < -0.3 is 10.6 Å². The van der Waals surface area contributed by atoms with Crippen molar-refractivity contribution in [2.45, 2.75) is 32.2 Å². The molecule has 2 N–H and O–H groups in total. The Morgan fingerprint density at radius 1 is 1.25 bits per heavy atom. The van der Waals surface area contributed by atoms with Crippen LogP contribution in [0.25, 0.3) is 0 Å². The molecule has 1 saturated heterocycles. The summed E-state index contributed by atoms with van der Waals surface area (Å²) < 4.78 is 23.0. The minimum atomic E-state index is -2.82. The molecule has 0 aliphatic carbocycles. The predicted octanol–water partition coefficient (Wildman–Crippen LogP) is 0.656. The number of nitrogens with zero attached hydrogens (tertiary/aromatic N) is 1. The number of piperidine rings is 1. The third kappa shape index (κ3) is 6.03. The zero-order valence-electron chi connectivity index (χ0n) is 9.89. The fourth-order valence-corrected chi connectivity index (χ4v) is 3.22. The molecule has 0 saturated carbocycles. The number of nitrogens with two attached hydrogens (primary N) is 1. The van der Waals surface area contributed by atoms with Gasteiger partial charge in [0.1, 0.15) is 0 Å². The Labute approximate surface area is 105 Å². The van der Waals surface area contributed by atoms with Crippen molar-refractivity contribution in [2.75, 3.05) is 31.1 Å². The second kappa shape index (κ2) is 7.48. The minimum Gasteiger partial charge on any atom is -0.328 e. The van der Waals surface area contributed by atoms with Crippen molar-refractivity contribution in [3.8, 4) is 0 Å². The first-order valence-electron chi connectivity index (χ1n) is 5.72. The molecule has 0 amide bonds. The Balaban J connectivity index is 0.00000225. The van der Waals surface area contributed by atoms with Crippen LogP contribution in [0.5, 0.6) is 0 Å². The van der Waals surface area contributed by atoms with E-state index in [1.54, 1.807) is 0 Å². The van der Waals surface area contributed by atoms with Crippen LogP contribution >= 0.6 is 12.4 Å². The first kappa shape index (κ1) is 16.2. The first-order valence-corrected chi connectivity index (χ1v) is 7.54. The number of halogens is 1. The first-order chi connectivity index (χ1) is 7.03. The van der Waals surface area contributed by atoms with Crippen molar-refractivity contribution in [2.24, 2.45) is 5.73 Å². The smallest absolute Gasteiger partial charge is 0.151 e. The lowest BCUT2D eigenvalue weighted by molar-refractivity contribution is 0.224. The summed E-state index contributed by atoms with van der Waals surface area (Å²) in [4.78, 5) is 2.20. The van der Waals surface area contributed by atoms with Crippen molar-refractivity contribution in [1.82, 2.24) is 4.90 Å². The second-order valence-corrected chi connectivity index (χ2v) is 6.63. The van der Waals surface area contributed by atoms with Crippen molar-refractivity contribution < 1.29 is 8.42 Å². The van der Waals surface area contributed by atoms with E-state index in [1.807, 2.05) is 6.92 Å².